The molecule has 4 amide bonds. The molecular weight excluding hydrogens is 516 g/mol. The van der Waals surface area contributed by atoms with E-state index in [4.69, 9.17) is 0 Å². The van der Waals surface area contributed by atoms with Crippen molar-refractivity contribution in [3.05, 3.63) is 0 Å². The highest BCUT2D eigenvalue weighted by Crippen LogP contribution is 2.42. The molecule has 33 heavy (non-hydrogen) atoms. The molecule has 0 aromatic rings. The van der Waals surface area contributed by atoms with E-state index in [1.54, 1.807) is 0 Å². The Bertz CT molecular complexity index is 1070. The molecule has 0 bridgehead atoms. The highest BCUT2D eigenvalue weighted by Gasteiger charge is 2.68. The molecule has 2 fully saturated rings. The Balaban J connectivity index is 2.46. The van der Waals surface area contributed by atoms with Gasteiger partial charge in [0.1, 0.15) is 0 Å². The Morgan fingerprint density at radius 2 is 1.12 bits per heavy atom. The lowest BCUT2D eigenvalue weighted by Gasteiger charge is -2.25. The number of esters is 2. The molecule has 2 aliphatic heterocycles. The van der Waals surface area contributed by atoms with Crippen LogP contribution in [0.15, 0.2) is 0 Å². The van der Waals surface area contributed by atoms with E-state index < -0.39 is 103 Å². The summed E-state index contributed by atoms with van der Waals surface area (Å²) in [6.07, 6.45) is -3.77. The molecule has 16 nitrogen and oxygen atoms in total. The maximum atomic E-state index is 12.7. The number of carbonyl (C=O) groups is 6. The van der Waals surface area contributed by atoms with Crippen molar-refractivity contribution in [3.63, 3.8) is 0 Å². The molecule has 0 saturated carbocycles. The van der Waals surface area contributed by atoms with Gasteiger partial charge in [-0.25, -0.2) is 0 Å². The summed E-state index contributed by atoms with van der Waals surface area (Å²) in [5, 5.41) is 0. The molecule has 0 radical (unpaired) electrons. The number of carbonyl (C=O) groups excluding carboxylic acids is 6. The van der Waals surface area contributed by atoms with Crippen LogP contribution in [0.5, 0.6) is 0 Å². The minimum Gasteiger partial charge on any atom is -0.429 e. The molecule has 19 heteroatoms. The van der Waals surface area contributed by atoms with Gasteiger partial charge >= 0.3 is 53.9 Å². The number of ether oxygens (including phenoxy) is 2. The van der Waals surface area contributed by atoms with Crippen molar-refractivity contribution in [2.45, 2.75) is 49.4 Å². The zero-order chi connectivity index (χ0) is 25.6. The SMILES string of the molecule is CCC(=O)OC1(S(=O)(=O)O)CC(=O)N(SN2C(=O)CC(OC(=O)CC)(S(=O)(=O)O)C2=O)C1=O. The van der Waals surface area contributed by atoms with Crippen LogP contribution in [-0.4, -0.2) is 80.0 Å². The summed E-state index contributed by atoms with van der Waals surface area (Å²) in [6.45, 7) is 2.42. The number of imide groups is 2. The van der Waals surface area contributed by atoms with Gasteiger partial charge in [0.15, 0.2) is 0 Å². The molecular formula is C14H16N2O14S3. The van der Waals surface area contributed by atoms with Crippen LogP contribution < -0.4 is 0 Å². The van der Waals surface area contributed by atoms with Crippen molar-refractivity contribution >= 4 is 67.9 Å². The van der Waals surface area contributed by atoms with Crippen LogP contribution in [-0.2, 0) is 58.5 Å². The highest BCUT2D eigenvalue weighted by molar-refractivity contribution is 7.97. The highest BCUT2D eigenvalue weighted by atomic mass is 32.2. The predicted molar refractivity (Wildman–Crippen MR) is 102 cm³/mol. The van der Waals surface area contributed by atoms with Gasteiger partial charge in [0.2, 0.25) is 11.8 Å². The third-order valence-electron chi connectivity index (χ3n) is 4.37. The fourth-order valence-corrected chi connectivity index (χ4v) is 5.32. The Hall–Kier alpha value is -2.61. The first kappa shape index (κ1) is 26.6. The third-order valence-corrected chi connectivity index (χ3v) is 7.91. The zero-order valence-electron chi connectivity index (χ0n) is 16.7. The van der Waals surface area contributed by atoms with Crippen LogP contribution in [0.4, 0.5) is 0 Å². The zero-order valence-corrected chi connectivity index (χ0v) is 19.2. The summed E-state index contributed by atoms with van der Waals surface area (Å²) in [5.41, 5.74) is 0. The number of rotatable bonds is 8. The van der Waals surface area contributed by atoms with E-state index in [9.17, 15) is 54.7 Å². The average Bonchev–Trinajstić information content (AvgIpc) is 3.07. The summed E-state index contributed by atoms with van der Waals surface area (Å²) < 4.78 is 75.0. The second-order valence-electron chi connectivity index (χ2n) is 6.53. The Morgan fingerprint density at radius 3 is 1.36 bits per heavy atom. The number of hydrogen-bond donors (Lipinski definition) is 2. The molecule has 2 heterocycles. The smallest absolute Gasteiger partial charge is 0.323 e. The Labute approximate surface area is 190 Å². The molecule has 2 aliphatic rings. The van der Waals surface area contributed by atoms with Gasteiger partial charge in [0.25, 0.3) is 0 Å². The van der Waals surface area contributed by atoms with E-state index in [0.717, 1.165) is 0 Å². The van der Waals surface area contributed by atoms with Crippen molar-refractivity contribution in [3.8, 4) is 0 Å². The van der Waals surface area contributed by atoms with E-state index in [1.165, 1.54) is 13.8 Å². The largest absolute Gasteiger partial charge is 0.429 e. The van der Waals surface area contributed by atoms with Crippen LogP contribution in [0.25, 0.3) is 0 Å². The van der Waals surface area contributed by atoms with Gasteiger partial charge in [-0.2, -0.15) is 25.4 Å². The van der Waals surface area contributed by atoms with Gasteiger partial charge < -0.3 is 9.47 Å². The fourth-order valence-electron chi connectivity index (χ4n) is 2.66. The minimum atomic E-state index is -5.57. The first-order chi connectivity index (χ1) is 15.0. The molecule has 0 aromatic heterocycles. The van der Waals surface area contributed by atoms with E-state index in [0.29, 0.717) is 0 Å². The van der Waals surface area contributed by atoms with Crippen LogP contribution >= 0.6 is 12.1 Å². The summed E-state index contributed by atoms with van der Waals surface area (Å²) in [4.78, 5) is 66.4. The van der Waals surface area contributed by atoms with Crippen molar-refractivity contribution in [1.29, 1.82) is 0 Å². The molecule has 2 N–H and O–H groups in total. The topological polar surface area (TPSA) is 236 Å². The number of nitrogens with zero attached hydrogens (tertiary/aromatic N) is 2. The standard InChI is InChI=1S/C14H16N2O14S3/c1-3-9(19)29-13(32(23,24)25)5-7(17)15(11(13)21)31-16-8(18)6-14(12(16)22,33(26,27)28)30-10(20)4-2/h3-6H2,1-2H3,(H,23,24,25)(H,26,27,28). The summed E-state index contributed by atoms with van der Waals surface area (Å²) in [5.74, 6) is -9.27. The van der Waals surface area contributed by atoms with Crippen molar-refractivity contribution in [1.82, 2.24) is 8.61 Å². The van der Waals surface area contributed by atoms with Crippen molar-refractivity contribution < 1.29 is 64.2 Å². The lowest BCUT2D eigenvalue weighted by Crippen LogP contribution is -2.50. The monoisotopic (exact) mass is 532 g/mol. The predicted octanol–water partition coefficient (Wildman–Crippen LogP) is -1.86. The number of hydrogen-bond acceptors (Lipinski definition) is 13. The first-order valence-electron chi connectivity index (χ1n) is 8.78. The molecule has 0 spiro atoms. The second-order valence-corrected chi connectivity index (χ2v) is 10.6. The van der Waals surface area contributed by atoms with Crippen molar-refractivity contribution in [2.24, 2.45) is 0 Å². The summed E-state index contributed by atoms with van der Waals surface area (Å²) in [6, 6.07) is 0. The van der Waals surface area contributed by atoms with Crippen LogP contribution in [0.1, 0.15) is 39.5 Å². The minimum absolute atomic E-state index is 0.131. The number of amides is 4. The Morgan fingerprint density at radius 1 is 0.818 bits per heavy atom. The first-order valence-corrected chi connectivity index (χ1v) is 12.4. The Kier molecular flexibility index (Phi) is 6.97. The van der Waals surface area contributed by atoms with Gasteiger partial charge in [0.05, 0.1) is 25.0 Å². The van der Waals surface area contributed by atoms with E-state index >= 15 is 0 Å². The lowest BCUT2D eigenvalue weighted by molar-refractivity contribution is -0.159. The van der Waals surface area contributed by atoms with Gasteiger partial charge in [0, 0.05) is 12.8 Å². The van der Waals surface area contributed by atoms with Crippen LogP contribution in [0.2, 0.25) is 0 Å². The maximum absolute atomic E-state index is 12.7. The van der Waals surface area contributed by atoms with Crippen molar-refractivity contribution in [2.75, 3.05) is 0 Å². The quantitative estimate of drug-likeness (QED) is 0.151. The van der Waals surface area contributed by atoms with Crippen LogP contribution in [0.3, 0.4) is 0 Å². The average molecular weight is 532 g/mol. The van der Waals surface area contributed by atoms with Gasteiger partial charge in [-0.3, -0.25) is 37.9 Å². The second kappa shape index (κ2) is 8.63. The molecule has 2 rings (SSSR count). The fraction of sp³-hybridized carbons (Fsp3) is 0.571. The maximum Gasteiger partial charge on any atom is 0.323 e. The molecule has 0 aromatic carbocycles. The molecule has 2 atom stereocenters. The van der Waals surface area contributed by atoms with Gasteiger partial charge in [-0.1, -0.05) is 13.8 Å². The van der Waals surface area contributed by atoms with E-state index in [2.05, 4.69) is 9.47 Å². The lowest BCUT2D eigenvalue weighted by atomic mass is 10.3. The van der Waals surface area contributed by atoms with Gasteiger partial charge in [-0.05, 0) is 0 Å². The molecule has 2 saturated heterocycles. The molecule has 0 aliphatic carbocycles. The summed E-state index contributed by atoms with van der Waals surface area (Å²) >= 11 is -0.412. The van der Waals surface area contributed by atoms with Crippen LogP contribution in [0, 0.1) is 0 Å². The van der Waals surface area contributed by atoms with E-state index in [-0.39, 0.29) is 8.61 Å². The third kappa shape index (κ3) is 4.33. The van der Waals surface area contributed by atoms with E-state index in [1.807, 2.05) is 0 Å². The molecule has 184 valence electrons. The normalized spacial score (nSPS) is 26.2. The molecule has 2 unspecified atom stereocenters. The van der Waals surface area contributed by atoms with Gasteiger partial charge in [-0.15, -0.1) is 0 Å². The summed E-state index contributed by atoms with van der Waals surface area (Å²) in [7, 11) is -11.1.